The molecule has 1 fully saturated rings. The van der Waals surface area contributed by atoms with Crippen molar-refractivity contribution < 1.29 is 9.18 Å². The summed E-state index contributed by atoms with van der Waals surface area (Å²) in [5.74, 6) is -0.0838. The lowest BCUT2D eigenvalue weighted by atomic mass is 9.86. The van der Waals surface area contributed by atoms with E-state index >= 15 is 0 Å². The van der Waals surface area contributed by atoms with E-state index in [2.05, 4.69) is 15.5 Å². The maximum atomic E-state index is 13.7. The molecule has 0 spiro atoms. The van der Waals surface area contributed by atoms with E-state index in [-0.39, 0.29) is 10.6 Å². The molecule has 1 amide bonds. The summed E-state index contributed by atoms with van der Waals surface area (Å²) in [6.45, 7) is 0. The predicted octanol–water partition coefficient (Wildman–Crippen LogP) is 4.58. The molecule has 3 rings (SSSR count). The van der Waals surface area contributed by atoms with Gasteiger partial charge in [-0.3, -0.25) is 9.89 Å². The molecule has 1 aromatic carbocycles. The molecule has 1 aliphatic rings. The molecule has 0 atom stereocenters. The highest BCUT2D eigenvalue weighted by Gasteiger charge is 2.17. The lowest BCUT2D eigenvalue weighted by Gasteiger charge is -2.20. The van der Waals surface area contributed by atoms with Gasteiger partial charge in [0.1, 0.15) is 5.82 Å². The maximum Gasteiger partial charge on any atom is 0.259 e. The molecule has 0 radical (unpaired) electrons. The normalized spacial score (nSPS) is 15.6. The Labute approximate surface area is 139 Å². The summed E-state index contributed by atoms with van der Waals surface area (Å²) < 4.78 is 13.7. The minimum atomic E-state index is -0.645. The number of nitrogens with zero attached hydrogens (tertiary/aromatic N) is 1. The van der Waals surface area contributed by atoms with E-state index in [0.29, 0.717) is 11.7 Å². The summed E-state index contributed by atoms with van der Waals surface area (Å²) in [6, 6.07) is 5.79. The first-order chi connectivity index (χ1) is 11.1. The summed E-state index contributed by atoms with van der Waals surface area (Å²) >= 11 is 5.69. The Bertz CT molecular complexity index is 695. The van der Waals surface area contributed by atoms with Gasteiger partial charge in [-0.2, -0.15) is 5.10 Å². The molecule has 0 aliphatic heterocycles. The van der Waals surface area contributed by atoms with Gasteiger partial charge in [0.05, 0.1) is 5.56 Å². The molecule has 0 saturated heterocycles. The van der Waals surface area contributed by atoms with E-state index in [1.807, 2.05) is 6.07 Å². The fraction of sp³-hybridized carbons (Fsp3) is 0.412. The van der Waals surface area contributed by atoms with Crippen LogP contribution in [0.2, 0.25) is 5.02 Å². The average molecular weight is 336 g/mol. The molecule has 6 heteroatoms. The monoisotopic (exact) mass is 335 g/mol. The van der Waals surface area contributed by atoms with Crippen molar-refractivity contribution in [1.29, 1.82) is 0 Å². The van der Waals surface area contributed by atoms with Crippen LogP contribution in [0.5, 0.6) is 0 Å². The fourth-order valence-corrected chi connectivity index (χ4v) is 3.25. The highest BCUT2D eigenvalue weighted by molar-refractivity contribution is 6.30. The number of aromatic nitrogens is 2. The number of aromatic amines is 1. The maximum absolute atomic E-state index is 13.7. The van der Waals surface area contributed by atoms with Crippen LogP contribution in [0.4, 0.5) is 10.2 Å². The van der Waals surface area contributed by atoms with Crippen LogP contribution in [0.25, 0.3) is 0 Å². The Balaban J connectivity index is 1.62. The van der Waals surface area contributed by atoms with Crippen molar-refractivity contribution in [2.75, 3.05) is 5.32 Å². The molecule has 1 heterocycles. The van der Waals surface area contributed by atoms with E-state index < -0.39 is 11.7 Å². The second kappa shape index (κ2) is 7.13. The third-order valence-corrected chi connectivity index (χ3v) is 4.52. The van der Waals surface area contributed by atoms with Gasteiger partial charge in [0.25, 0.3) is 5.91 Å². The number of amides is 1. The SMILES string of the molecule is O=C(Nc1cc(CC2CCCCC2)[nH]n1)c1ccc(Cl)cc1F. The van der Waals surface area contributed by atoms with Gasteiger partial charge in [-0.15, -0.1) is 0 Å². The molecule has 4 nitrogen and oxygen atoms in total. The van der Waals surface area contributed by atoms with Gasteiger partial charge in [0.2, 0.25) is 0 Å². The second-order valence-corrected chi connectivity index (χ2v) is 6.50. The number of anilines is 1. The number of H-pyrrole nitrogens is 1. The number of carbonyl (C=O) groups excluding carboxylic acids is 1. The number of rotatable bonds is 4. The first-order valence-corrected chi connectivity index (χ1v) is 8.30. The van der Waals surface area contributed by atoms with Gasteiger partial charge in [0, 0.05) is 16.8 Å². The topological polar surface area (TPSA) is 57.8 Å². The predicted molar refractivity (Wildman–Crippen MR) is 88.2 cm³/mol. The fourth-order valence-electron chi connectivity index (χ4n) is 3.09. The molecular weight excluding hydrogens is 317 g/mol. The highest BCUT2D eigenvalue weighted by Crippen LogP contribution is 2.26. The lowest BCUT2D eigenvalue weighted by Crippen LogP contribution is -2.14. The highest BCUT2D eigenvalue weighted by atomic mass is 35.5. The van der Waals surface area contributed by atoms with Crippen molar-refractivity contribution in [2.45, 2.75) is 38.5 Å². The van der Waals surface area contributed by atoms with Crippen molar-refractivity contribution in [2.24, 2.45) is 5.92 Å². The van der Waals surface area contributed by atoms with E-state index in [1.165, 1.54) is 44.2 Å². The molecule has 1 aromatic heterocycles. The van der Waals surface area contributed by atoms with Gasteiger partial charge < -0.3 is 5.32 Å². The number of halogens is 2. The van der Waals surface area contributed by atoms with Gasteiger partial charge in [0.15, 0.2) is 5.82 Å². The Morgan fingerprint density at radius 2 is 2.09 bits per heavy atom. The smallest absolute Gasteiger partial charge is 0.259 e. The number of hydrogen-bond acceptors (Lipinski definition) is 2. The van der Waals surface area contributed by atoms with Crippen molar-refractivity contribution in [3.63, 3.8) is 0 Å². The third-order valence-electron chi connectivity index (χ3n) is 4.28. The summed E-state index contributed by atoms with van der Waals surface area (Å²) in [7, 11) is 0. The van der Waals surface area contributed by atoms with Crippen LogP contribution in [-0.2, 0) is 6.42 Å². The largest absolute Gasteiger partial charge is 0.305 e. The van der Waals surface area contributed by atoms with E-state index in [9.17, 15) is 9.18 Å². The Kier molecular flexibility index (Phi) is 4.96. The van der Waals surface area contributed by atoms with E-state index in [0.717, 1.165) is 18.2 Å². The molecule has 23 heavy (non-hydrogen) atoms. The van der Waals surface area contributed by atoms with Crippen LogP contribution in [0, 0.1) is 11.7 Å². The van der Waals surface area contributed by atoms with Gasteiger partial charge in [-0.1, -0.05) is 43.7 Å². The number of benzene rings is 1. The third kappa shape index (κ3) is 4.10. The molecule has 0 bridgehead atoms. The number of nitrogens with one attached hydrogen (secondary N) is 2. The Morgan fingerprint density at radius 1 is 1.30 bits per heavy atom. The molecule has 2 N–H and O–H groups in total. The van der Waals surface area contributed by atoms with Crippen LogP contribution in [0.1, 0.15) is 48.2 Å². The molecule has 122 valence electrons. The Morgan fingerprint density at radius 3 is 2.83 bits per heavy atom. The molecular formula is C17H19ClFN3O. The molecule has 1 saturated carbocycles. The minimum absolute atomic E-state index is 0.0498. The first-order valence-electron chi connectivity index (χ1n) is 7.92. The van der Waals surface area contributed by atoms with Crippen LogP contribution >= 0.6 is 11.6 Å². The zero-order valence-electron chi connectivity index (χ0n) is 12.7. The quantitative estimate of drug-likeness (QED) is 0.859. The molecule has 0 unspecified atom stereocenters. The van der Waals surface area contributed by atoms with Crippen molar-refractivity contribution >= 4 is 23.3 Å². The van der Waals surface area contributed by atoms with Crippen LogP contribution in [-0.4, -0.2) is 16.1 Å². The molecule has 1 aliphatic carbocycles. The van der Waals surface area contributed by atoms with Gasteiger partial charge >= 0.3 is 0 Å². The summed E-state index contributed by atoms with van der Waals surface area (Å²) in [5, 5.41) is 9.91. The number of carbonyl (C=O) groups is 1. The van der Waals surface area contributed by atoms with Crippen LogP contribution in [0.15, 0.2) is 24.3 Å². The average Bonchev–Trinajstić information content (AvgIpc) is 2.95. The summed E-state index contributed by atoms with van der Waals surface area (Å²) in [6.07, 6.45) is 7.34. The minimum Gasteiger partial charge on any atom is -0.305 e. The van der Waals surface area contributed by atoms with Crippen LogP contribution < -0.4 is 5.32 Å². The lowest BCUT2D eigenvalue weighted by molar-refractivity contribution is 0.102. The van der Waals surface area contributed by atoms with Crippen molar-refractivity contribution in [3.8, 4) is 0 Å². The first kappa shape index (κ1) is 16.0. The van der Waals surface area contributed by atoms with Crippen LogP contribution in [0.3, 0.4) is 0 Å². The van der Waals surface area contributed by atoms with Crippen molar-refractivity contribution in [1.82, 2.24) is 10.2 Å². The zero-order valence-corrected chi connectivity index (χ0v) is 13.5. The second-order valence-electron chi connectivity index (χ2n) is 6.06. The Hall–Kier alpha value is -1.88. The standard InChI is InChI=1S/C17H19ClFN3O/c18-12-6-7-14(15(19)9-12)17(23)20-16-10-13(21-22-16)8-11-4-2-1-3-5-11/h6-7,9-11H,1-5,8H2,(H2,20,21,22,23). The van der Waals surface area contributed by atoms with E-state index in [1.54, 1.807) is 0 Å². The van der Waals surface area contributed by atoms with Gasteiger partial charge in [-0.05, 0) is 30.5 Å². The van der Waals surface area contributed by atoms with Gasteiger partial charge in [-0.25, -0.2) is 4.39 Å². The van der Waals surface area contributed by atoms with E-state index in [4.69, 9.17) is 11.6 Å². The summed E-state index contributed by atoms with van der Waals surface area (Å²) in [5.41, 5.74) is 0.954. The van der Waals surface area contributed by atoms with Crippen molar-refractivity contribution in [3.05, 3.63) is 46.4 Å². The molecule has 2 aromatic rings. The summed E-state index contributed by atoms with van der Waals surface area (Å²) in [4.78, 5) is 12.1. The number of hydrogen-bond donors (Lipinski definition) is 2. The zero-order chi connectivity index (χ0) is 16.2.